The van der Waals surface area contributed by atoms with Crippen molar-refractivity contribution in [3.8, 4) is 23.8 Å². The minimum absolute atomic E-state index is 0.0286. The van der Waals surface area contributed by atoms with E-state index < -0.39 is 5.60 Å². The molecule has 0 spiro atoms. The van der Waals surface area contributed by atoms with Gasteiger partial charge in [-0.3, -0.25) is 5.10 Å². The third-order valence-electron chi connectivity index (χ3n) is 6.23. The van der Waals surface area contributed by atoms with Crippen molar-refractivity contribution in [1.82, 2.24) is 15.5 Å². The lowest BCUT2D eigenvalue weighted by atomic mass is 9.81. The van der Waals surface area contributed by atoms with Crippen LogP contribution in [0.25, 0.3) is 0 Å². The van der Waals surface area contributed by atoms with Crippen LogP contribution in [0.2, 0.25) is 0 Å². The molecule has 1 aromatic carbocycles. The van der Waals surface area contributed by atoms with Crippen molar-refractivity contribution in [3.63, 3.8) is 0 Å². The summed E-state index contributed by atoms with van der Waals surface area (Å²) >= 11 is 0. The number of alkyl carbamates (subject to hydrolysis) is 1. The number of aliphatic hydroxyl groups excluding tert-OH is 1. The minimum atomic E-state index is -0.467. The summed E-state index contributed by atoms with van der Waals surface area (Å²) in [5, 5.41) is 28.0. The Balaban J connectivity index is 0.000000221. The quantitative estimate of drug-likeness (QED) is 0.440. The molecule has 0 radical (unpaired) electrons. The van der Waals surface area contributed by atoms with E-state index in [1.807, 2.05) is 52.0 Å². The van der Waals surface area contributed by atoms with E-state index in [2.05, 4.69) is 47.3 Å². The van der Waals surface area contributed by atoms with E-state index in [0.717, 1.165) is 35.2 Å². The second-order valence-corrected chi connectivity index (χ2v) is 10.9. The van der Waals surface area contributed by atoms with Crippen molar-refractivity contribution in [3.05, 3.63) is 58.1 Å². The van der Waals surface area contributed by atoms with Gasteiger partial charge in [-0.05, 0) is 64.2 Å². The molecule has 5 N–H and O–H groups in total. The molecule has 1 aromatic heterocycles. The smallest absolute Gasteiger partial charge is 0.407 e. The van der Waals surface area contributed by atoms with Crippen LogP contribution in [0.3, 0.4) is 0 Å². The van der Waals surface area contributed by atoms with Crippen molar-refractivity contribution >= 4 is 6.09 Å². The van der Waals surface area contributed by atoms with E-state index >= 15 is 0 Å². The maximum absolute atomic E-state index is 11.6. The number of H-pyrrole nitrogens is 1. The third kappa shape index (κ3) is 7.30. The Morgan fingerprint density at radius 3 is 2.68 bits per heavy atom. The van der Waals surface area contributed by atoms with Gasteiger partial charge < -0.3 is 25.6 Å². The number of nitrogens with two attached hydrogens (primary N) is 1. The number of aromatic nitrogens is 2. The van der Waals surface area contributed by atoms with Crippen LogP contribution in [0.1, 0.15) is 75.8 Å². The molecular formula is C29H37N5O4. The first-order chi connectivity index (χ1) is 17.9. The van der Waals surface area contributed by atoms with Crippen molar-refractivity contribution in [1.29, 1.82) is 5.26 Å². The maximum Gasteiger partial charge on any atom is 0.407 e. The average Bonchev–Trinajstić information content (AvgIpc) is 3.18. The summed E-state index contributed by atoms with van der Waals surface area (Å²) in [6.45, 7) is 11.6. The van der Waals surface area contributed by atoms with Crippen LogP contribution in [-0.4, -0.2) is 33.0 Å². The second kappa shape index (κ2) is 12.1. The summed E-state index contributed by atoms with van der Waals surface area (Å²) < 4.78 is 10.6. The number of benzene rings is 1. The number of aliphatic hydroxyl groups is 1. The molecule has 9 heteroatoms. The molecule has 0 bridgehead atoms. The zero-order valence-electron chi connectivity index (χ0n) is 22.9. The van der Waals surface area contributed by atoms with E-state index in [4.69, 9.17) is 25.6 Å². The highest BCUT2D eigenvalue weighted by atomic mass is 16.6. The number of carbonyl (C=O) groups excluding carboxylic acids is 1. The molecule has 0 saturated heterocycles. The van der Waals surface area contributed by atoms with Gasteiger partial charge in [-0.15, -0.1) is 5.10 Å². The van der Waals surface area contributed by atoms with Crippen LogP contribution < -0.4 is 15.8 Å². The van der Waals surface area contributed by atoms with E-state index in [1.54, 1.807) is 0 Å². The molecule has 2 aliphatic rings. The Kier molecular flexibility index (Phi) is 9.08. The number of nitrogens with zero attached hydrogens (tertiary/aromatic N) is 2. The molecule has 202 valence electrons. The van der Waals surface area contributed by atoms with Gasteiger partial charge >= 0.3 is 6.09 Å². The minimum Gasteiger partial charge on any atom is -0.444 e. The van der Waals surface area contributed by atoms with Gasteiger partial charge in [-0.25, -0.2) is 4.79 Å². The first-order valence-electron chi connectivity index (χ1n) is 12.7. The Labute approximate surface area is 224 Å². The highest BCUT2D eigenvalue weighted by Gasteiger charge is 2.34. The standard InChI is InChI=1S/C18H23NO3.C11H14N4O/c1-18(2,3)22-17(21)19-16-10-14(11-16)8-7-13-5-4-6-15(9-13)12-20;1-5(2)8-7(4-12)10(13)16-11-9(8)6(3)14-15-11/h4-6,9,14,16,20H,10-12H2,1-3H3,(H,19,21);5,8H,13H2,1-3H3,(H,14,15). The fourth-order valence-corrected chi connectivity index (χ4v) is 4.37. The van der Waals surface area contributed by atoms with E-state index in [1.165, 1.54) is 0 Å². The number of aryl methyl sites for hydroxylation is 1. The predicted molar refractivity (Wildman–Crippen MR) is 143 cm³/mol. The molecule has 1 aliphatic heterocycles. The maximum atomic E-state index is 11.6. The van der Waals surface area contributed by atoms with Gasteiger partial charge in [-0.2, -0.15) is 5.26 Å². The monoisotopic (exact) mass is 519 g/mol. The van der Waals surface area contributed by atoms with Crippen LogP contribution in [0.5, 0.6) is 5.88 Å². The number of aromatic amines is 1. The van der Waals surface area contributed by atoms with Gasteiger partial charge in [0.05, 0.1) is 12.2 Å². The molecule has 1 saturated carbocycles. The number of nitrogens with one attached hydrogen (secondary N) is 2. The Bertz CT molecular complexity index is 1280. The molecule has 38 heavy (non-hydrogen) atoms. The zero-order chi connectivity index (χ0) is 28.0. The first-order valence-corrected chi connectivity index (χ1v) is 12.7. The number of amides is 1. The van der Waals surface area contributed by atoms with Gasteiger partial charge in [0.1, 0.15) is 11.7 Å². The van der Waals surface area contributed by atoms with E-state index in [9.17, 15) is 4.79 Å². The van der Waals surface area contributed by atoms with Gasteiger partial charge in [0.15, 0.2) is 0 Å². The van der Waals surface area contributed by atoms with Crippen LogP contribution in [0, 0.1) is 41.9 Å². The molecule has 1 unspecified atom stereocenters. The summed E-state index contributed by atoms with van der Waals surface area (Å²) in [6, 6.07) is 9.87. The summed E-state index contributed by atoms with van der Waals surface area (Å²) in [4.78, 5) is 11.6. The predicted octanol–water partition coefficient (Wildman–Crippen LogP) is 4.38. The number of nitriles is 1. The molecule has 1 aliphatic carbocycles. The van der Waals surface area contributed by atoms with Crippen LogP contribution in [0.15, 0.2) is 35.7 Å². The fraction of sp³-hybridized carbons (Fsp3) is 0.483. The van der Waals surface area contributed by atoms with E-state index in [0.29, 0.717) is 17.4 Å². The van der Waals surface area contributed by atoms with Gasteiger partial charge in [0, 0.05) is 34.7 Å². The summed E-state index contributed by atoms with van der Waals surface area (Å²) in [7, 11) is 0. The summed E-state index contributed by atoms with van der Waals surface area (Å²) in [5.74, 6) is 7.54. The van der Waals surface area contributed by atoms with Crippen molar-refractivity contribution in [2.75, 3.05) is 0 Å². The number of carbonyl (C=O) groups is 1. The molecule has 4 rings (SSSR count). The van der Waals surface area contributed by atoms with Gasteiger partial charge in [-0.1, -0.05) is 37.8 Å². The molecular weight excluding hydrogens is 482 g/mol. The number of ether oxygens (including phenoxy) is 2. The number of allylic oxidation sites excluding steroid dienone is 1. The lowest BCUT2D eigenvalue weighted by Gasteiger charge is -2.33. The van der Waals surface area contributed by atoms with Crippen LogP contribution in [-0.2, 0) is 11.3 Å². The summed E-state index contributed by atoms with van der Waals surface area (Å²) in [5.41, 5.74) is 9.40. The SMILES string of the molecule is CC(C)(C)OC(=O)NC1CC(C#Cc2cccc(CO)c2)C1.Cc1[nH]nc2c1C(C(C)C)C(C#N)=C(N)O2. The van der Waals surface area contributed by atoms with Crippen molar-refractivity contribution < 1.29 is 19.4 Å². The van der Waals surface area contributed by atoms with Gasteiger partial charge in [0.25, 0.3) is 0 Å². The van der Waals surface area contributed by atoms with E-state index in [-0.39, 0.29) is 36.5 Å². The molecule has 2 heterocycles. The number of hydrogen-bond donors (Lipinski definition) is 4. The second-order valence-electron chi connectivity index (χ2n) is 10.9. The average molecular weight is 520 g/mol. The third-order valence-corrected chi connectivity index (χ3v) is 6.23. The topological polar surface area (TPSA) is 146 Å². The molecule has 1 amide bonds. The van der Waals surface area contributed by atoms with Crippen LogP contribution in [0.4, 0.5) is 4.79 Å². The molecule has 9 nitrogen and oxygen atoms in total. The Morgan fingerprint density at radius 2 is 2.08 bits per heavy atom. The normalized spacial score (nSPS) is 19.9. The lowest BCUT2D eigenvalue weighted by molar-refractivity contribution is 0.0467. The van der Waals surface area contributed by atoms with Gasteiger partial charge in [0.2, 0.25) is 11.8 Å². The fourth-order valence-electron chi connectivity index (χ4n) is 4.37. The number of hydrogen-bond acceptors (Lipinski definition) is 7. The Morgan fingerprint density at radius 1 is 1.37 bits per heavy atom. The highest BCUT2D eigenvalue weighted by Crippen LogP contribution is 2.42. The van der Waals surface area contributed by atoms with Crippen molar-refractivity contribution in [2.45, 2.75) is 78.6 Å². The highest BCUT2D eigenvalue weighted by molar-refractivity contribution is 5.68. The first kappa shape index (κ1) is 28.6. The Hall–Kier alpha value is -3.95. The largest absolute Gasteiger partial charge is 0.444 e. The summed E-state index contributed by atoms with van der Waals surface area (Å²) in [6.07, 6.45) is 1.34. The number of fused-ring (bicyclic) bond motifs is 1. The zero-order valence-corrected chi connectivity index (χ0v) is 22.9. The lowest BCUT2D eigenvalue weighted by Crippen LogP contribution is -2.45. The number of rotatable bonds is 3. The van der Waals surface area contributed by atoms with Crippen LogP contribution >= 0.6 is 0 Å². The van der Waals surface area contributed by atoms with Crippen molar-refractivity contribution in [2.24, 2.45) is 17.6 Å². The molecule has 1 fully saturated rings. The molecule has 2 aromatic rings. The molecule has 1 atom stereocenters.